The van der Waals surface area contributed by atoms with Crippen molar-refractivity contribution < 1.29 is 27.6 Å². The Morgan fingerprint density at radius 1 is 0.964 bits per heavy atom. The van der Waals surface area contributed by atoms with Crippen LogP contribution in [0.15, 0.2) is 53.4 Å². The Morgan fingerprint density at radius 2 is 1.54 bits per heavy atom. The van der Waals surface area contributed by atoms with Crippen LogP contribution in [0.5, 0.6) is 0 Å². The lowest BCUT2D eigenvalue weighted by Gasteiger charge is -2.15. The molecule has 0 aliphatic carbocycles. The highest BCUT2D eigenvalue weighted by Gasteiger charge is 2.35. The maximum Gasteiger partial charge on any atom is 0.398 e. The van der Waals surface area contributed by atoms with Crippen LogP contribution in [0.2, 0.25) is 0 Å². The van der Waals surface area contributed by atoms with Gasteiger partial charge >= 0.3 is 6.18 Å². The van der Waals surface area contributed by atoms with Crippen LogP contribution in [-0.2, 0) is 4.79 Å². The summed E-state index contributed by atoms with van der Waals surface area (Å²) in [6.07, 6.45) is -4.49. The molecule has 0 fully saturated rings. The zero-order valence-electron chi connectivity index (χ0n) is 14.5. The number of carbonyl (C=O) groups excluding carboxylic acids is 3. The number of rotatable bonds is 6. The molecule has 3 rings (SSSR count). The lowest BCUT2D eigenvalue weighted by atomic mass is 10.1. The largest absolute Gasteiger partial charge is 0.398 e. The third-order valence-corrected chi connectivity index (χ3v) is 5.13. The SMILES string of the molecule is O=C(CCN1C(=O)c2ccccc2C1=O)Nc1ccccc1SCC(F)(F)F. The van der Waals surface area contributed by atoms with Crippen molar-refractivity contribution in [2.45, 2.75) is 17.5 Å². The molecule has 0 spiro atoms. The molecule has 0 saturated carbocycles. The van der Waals surface area contributed by atoms with E-state index in [0.29, 0.717) is 22.9 Å². The zero-order chi connectivity index (χ0) is 20.3. The minimum Gasteiger partial charge on any atom is -0.325 e. The van der Waals surface area contributed by atoms with Gasteiger partial charge in [0.1, 0.15) is 0 Å². The molecule has 28 heavy (non-hydrogen) atoms. The Bertz CT molecular complexity index is 896. The van der Waals surface area contributed by atoms with Crippen LogP contribution in [-0.4, -0.2) is 41.1 Å². The van der Waals surface area contributed by atoms with E-state index in [4.69, 9.17) is 0 Å². The number of alkyl halides is 3. The number of para-hydroxylation sites is 1. The van der Waals surface area contributed by atoms with E-state index >= 15 is 0 Å². The highest BCUT2D eigenvalue weighted by Crippen LogP contribution is 2.32. The fourth-order valence-corrected chi connectivity index (χ4v) is 3.49. The maximum atomic E-state index is 12.4. The monoisotopic (exact) mass is 408 g/mol. The molecule has 1 N–H and O–H groups in total. The van der Waals surface area contributed by atoms with Crippen LogP contribution in [0.4, 0.5) is 18.9 Å². The zero-order valence-corrected chi connectivity index (χ0v) is 15.3. The molecule has 2 aromatic carbocycles. The predicted molar refractivity (Wildman–Crippen MR) is 98.3 cm³/mol. The summed E-state index contributed by atoms with van der Waals surface area (Å²) in [5, 5.41) is 2.55. The van der Waals surface area contributed by atoms with Crippen molar-refractivity contribution >= 4 is 35.2 Å². The Hall–Kier alpha value is -2.81. The first-order valence-electron chi connectivity index (χ1n) is 8.30. The molecule has 146 valence electrons. The summed E-state index contributed by atoms with van der Waals surface area (Å²) in [6, 6.07) is 12.5. The summed E-state index contributed by atoms with van der Waals surface area (Å²) < 4.78 is 37.3. The first kappa shape index (κ1) is 19.9. The van der Waals surface area contributed by atoms with Crippen LogP contribution in [0, 0.1) is 0 Å². The van der Waals surface area contributed by atoms with Crippen molar-refractivity contribution in [1.29, 1.82) is 0 Å². The van der Waals surface area contributed by atoms with E-state index in [1.165, 1.54) is 12.1 Å². The second-order valence-corrected chi connectivity index (χ2v) is 7.02. The van der Waals surface area contributed by atoms with Gasteiger partial charge in [-0.25, -0.2) is 0 Å². The molecule has 0 unspecified atom stereocenters. The number of thioether (sulfide) groups is 1. The molecule has 0 aromatic heterocycles. The van der Waals surface area contributed by atoms with Gasteiger partial charge in [0.05, 0.1) is 22.6 Å². The number of amides is 3. The van der Waals surface area contributed by atoms with Gasteiger partial charge < -0.3 is 5.32 Å². The van der Waals surface area contributed by atoms with Crippen molar-refractivity contribution in [3.63, 3.8) is 0 Å². The van der Waals surface area contributed by atoms with Crippen LogP contribution in [0.1, 0.15) is 27.1 Å². The normalized spacial score (nSPS) is 13.6. The molecule has 0 saturated heterocycles. The number of hydrogen-bond acceptors (Lipinski definition) is 4. The lowest BCUT2D eigenvalue weighted by Crippen LogP contribution is -2.32. The van der Waals surface area contributed by atoms with Crippen molar-refractivity contribution in [1.82, 2.24) is 4.90 Å². The highest BCUT2D eigenvalue weighted by molar-refractivity contribution is 7.99. The summed E-state index contributed by atoms with van der Waals surface area (Å²) in [5.74, 6) is -2.50. The van der Waals surface area contributed by atoms with Gasteiger partial charge in [-0.05, 0) is 24.3 Å². The van der Waals surface area contributed by atoms with Gasteiger partial charge in [-0.15, -0.1) is 11.8 Å². The Balaban J connectivity index is 1.60. The second-order valence-electron chi connectivity index (χ2n) is 6.01. The number of carbonyl (C=O) groups is 3. The van der Waals surface area contributed by atoms with Crippen molar-refractivity contribution in [3.8, 4) is 0 Å². The predicted octanol–water partition coefficient (Wildman–Crippen LogP) is 3.97. The molecule has 2 aromatic rings. The Kier molecular flexibility index (Phi) is 5.73. The second kappa shape index (κ2) is 8.05. The van der Waals surface area contributed by atoms with Gasteiger partial charge in [-0.1, -0.05) is 24.3 Å². The van der Waals surface area contributed by atoms with Gasteiger partial charge in [0.2, 0.25) is 5.91 Å². The first-order valence-corrected chi connectivity index (χ1v) is 9.28. The maximum absolute atomic E-state index is 12.4. The number of fused-ring (bicyclic) bond motifs is 1. The average Bonchev–Trinajstić information content (AvgIpc) is 2.89. The van der Waals surface area contributed by atoms with Gasteiger partial charge in [0, 0.05) is 17.9 Å². The molecule has 0 bridgehead atoms. The molecule has 1 aliphatic rings. The summed E-state index contributed by atoms with van der Waals surface area (Å²) >= 11 is 0.573. The first-order chi connectivity index (χ1) is 13.3. The van der Waals surface area contributed by atoms with E-state index in [0.717, 1.165) is 4.90 Å². The van der Waals surface area contributed by atoms with Crippen LogP contribution in [0.25, 0.3) is 0 Å². The number of hydrogen-bond donors (Lipinski definition) is 1. The van der Waals surface area contributed by atoms with Gasteiger partial charge in [0.15, 0.2) is 0 Å². The van der Waals surface area contributed by atoms with Gasteiger partial charge in [-0.3, -0.25) is 19.3 Å². The summed E-state index contributed by atoms with van der Waals surface area (Å²) in [7, 11) is 0. The third kappa shape index (κ3) is 4.53. The molecule has 3 amide bonds. The van der Waals surface area contributed by atoms with Crippen LogP contribution in [0.3, 0.4) is 0 Å². The lowest BCUT2D eigenvalue weighted by molar-refractivity contribution is -0.116. The standard InChI is InChI=1S/C19H15F3N2O3S/c20-19(21,22)11-28-15-8-4-3-7-14(15)23-16(25)9-10-24-17(26)12-5-1-2-6-13(12)18(24)27/h1-8H,9-11H2,(H,23,25). The summed E-state index contributed by atoms with van der Waals surface area (Å²) in [4.78, 5) is 38.0. The van der Waals surface area contributed by atoms with E-state index < -0.39 is 29.7 Å². The highest BCUT2D eigenvalue weighted by atomic mass is 32.2. The molecule has 0 atom stereocenters. The molecular weight excluding hydrogens is 393 g/mol. The van der Waals surface area contributed by atoms with Crippen LogP contribution >= 0.6 is 11.8 Å². The summed E-state index contributed by atoms with van der Waals surface area (Å²) in [6.45, 7) is -0.115. The fraction of sp³-hybridized carbons (Fsp3) is 0.211. The van der Waals surface area contributed by atoms with E-state index in [1.54, 1.807) is 36.4 Å². The molecule has 0 radical (unpaired) electrons. The minimum absolute atomic E-state index is 0.115. The topological polar surface area (TPSA) is 66.5 Å². The van der Waals surface area contributed by atoms with E-state index in [9.17, 15) is 27.6 Å². The molecule has 9 heteroatoms. The quantitative estimate of drug-likeness (QED) is 0.580. The molecular formula is C19H15F3N2O3S. The number of halogens is 3. The smallest absolute Gasteiger partial charge is 0.325 e. The van der Waals surface area contributed by atoms with Gasteiger partial charge in [-0.2, -0.15) is 13.2 Å². The number of benzene rings is 2. The van der Waals surface area contributed by atoms with Crippen LogP contribution < -0.4 is 5.32 Å². The molecule has 5 nitrogen and oxygen atoms in total. The van der Waals surface area contributed by atoms with Crippen molar-refractivity contribution in [2.24, 2.45) is 0 Å². The van der Waals surface area contributed by atoms with Crippen molar-refractivity contribution in [3.05, 3.63) is 59.7 Å². The third-order valence-electron chi connectivity index (χ3n) is 3.99. The molecule has 1 aliphatic heterocycles. The minimum atomic E-state index is -4.33. The van der Waals surface area contributed by atoms with E-state index in [-0.39, 0.29) is 23.5 Å². The Labute approximate surface area is 162 Å². The summed E-state index contributed by atoms with van der Waals surface area (Å²) in [5.41, 5.74) is 0.840. The van der Waals surface area contributed by atoms with Crippen molar-refractivity contribution in [2.75, 3.05) is 17.6 Å². The number of nitrogens with zero attached hydrogens (tertiary/aromatic N) is 1. The number of nitrogens with one attached hydrogen (secondary N) is 1. The Morgan fingerprint density at radius 3 is 2.14 bits per heavy atom. The average molecular weight is 408 g/mol. The van der Waals surface area contributed by atoms with E-state index in [1.807, 2.05) is 0 Å². The van der Waals surface area contributed by atoms with E-state index in [2.05, 4.69) is 5.32 Å². The van der Waals surface area contributed by atoms with Gasteiger partial charge in [0.25, 0.3) is 11.8 Å². The molecule has 1 heterocycles. The number of anilines is 1. The fourth-order valence-electron chi connectivity index (χ4n) is 2.72. The number of imide groups is 1.